The SMILES string of the molecule is COc1cccc(OC)c1C(=O)OP(=O)(OCC(C)CC(C)(C)C)OC(=O)c1c(OC)cccc1OC. The first-order chi connectivity index (χ1) is 17.4. The van der Waals surface area contributed by atoms with Gasteiger partial charge >= 0.3 is 19.8 Å². The molecule has 0 aliphatic rings. The third-order valence-corrected chi connectivity index (χ3v) is 6.38. The summed E-state index contributed by atoms with van der Waals surface area (Å²) in [6.45, 7) is 7.91. The van der Waals surface area contributed by atoms with Gasteiger partial charge in [-0.25, -0.2) is 14.2 Å². The number of hydrogen-bond donors (Lipinski definition) is 0. The lowest BCUT2D eigenvalue weighted by atomic mass is 9.86. The van der Waals surface area contributed by atoms with Gasteiger partial charge in [0.15, 0.2) is 0 Å². The molecular formula is C26H35O10P. The van der Waals surface area contributed by atoms with Gasteiger partial charge in [-0.05, 0) is 42.0 Å². The summed E-state index contributed by atoms with van der Waals surface area (Å²) >= 11 is 0. The Kier molecular flexibility index (Phi) is 10.4. The highest BCUT2D eigenvalue weighted by Crippen LogP contribution is 2.53. The minimum absolute atomic E-state index is 0.0460. The predicted octanol–water partition coefficient (Wildman–Crippen LogP) is 5.93. The van der Waals surface area contributed by atoms with Crippen LogP contribution in [0.3, 0.4) is 0 Å². The highest BCUT2D eigenvalue weighted by atomic mass is 31.2. The van der Waals surface area contributed by atoms with Crippen LogP contribution in [-0.4, -0.2) is 47.0 Å². The second-order valence-electron chi connectivity index (χ2n) is 9.45. The Bertz CT molecular complexity index is 1020. The molecule has 2 rings (SSSR count). The van der Waals surface area contributed by atoms with Crippen molar-refractivity contribution in [2.24, 2.45) is 11.3 Å². The summed E-state index contributed by atoms with van der Waals surface area (Å²) in [5.41, 5.74) is -0.342. The molecule has 0 bridgehead atoms. The molecule has 37 heavy (non-hydrogen) atoms. The lowest BCUT2D eigenvalue weighted by Crippen LogP contribution is -2.18. The predicted molar refractivity (Wildman–Crippen MR) is 137 cm³/mol. The van der Waals surface area contributed by atoms with Gasteiger partial charge in [0.1, 0.15) is 34.1 Å². The summed E-state index contributed by atoms with van der Waals surface area (Å²) in [6, 6.07) is 9.22. The zero-order chi connectivity index (χ0) is 27.8. The normalized spacial score (nSPS) is 12.3. The second kappa shape index (κ2) is 12.8. The maximum atomic E-state index is 13.8. The molecule has 2 aromatic rings. The molecule has 10 nitrogen and oxygen atoms in total. The average Bonchev–Trinajstić information content (AvgIpc) is 2.85. The topological polar surface area (TPSA) is 116 Å². The standard InChI is InChI=1S/C26H35O10P/c1-17(15-26(2,3)4)16-34-37(29,35-24(27)22-18(30-5)11-9-12-19(22)31-6)36-25(28)23-20(32-7)13-10-14-21(23)33-8/h9-14,17H,15-16H2,1-8H3. The first kappa shape index (κ1) is 30.0. The number of carbonyl (C=O) groups is 2. The van der Waals surface area contributed by atoms with Crippen LogP contribution >= 0.6 is 7.82 Å². The number of benzene rings is 2. The molecule has 1 unspecified atom stereocenters. The minimum atomic E-state index is -4.82. The maximum Gasteiger partial charge on any atom is 0.592 e. The van der Waals surface area contributed by atoms with Gasteiger partial charge in [0.2, 0.25) is 0 Å². The van der Waals surface area contributed by atoms with Crippen LogP contribution in [0.4, 0.5) is 0 Å². The van der Waals surface area contributed by atoms with Crippen LogP contribution in [0.2, 0.25) is 0 Å². The van der Waals surface area contributed by atoms with Gasteiger partial charge in [-0.2, -0.15) is 0 Å². The van der Waals surface area contributed by atoms with E-state index in [1.807, 2.05) is 27.7 Å². The van der Waals surface area contributed by atoms with E-state index in [9.17, 15) is 14.2 Å². The zero-order valence-electron chi connectivity index (χ0n) is 22.5. The molecule has 0 heterocycles. The first-order valence-corrected chi connectivity index (χ1v) is 13.0. The number of ether oxygens (including phenoxy) is 4. The van der Waals surface area contributed by atoms with Gasteiger partial charge in [0.25, 0.3) is 0 Å². The minimum Gasteiger partial charge on any atom is -0.496 e. The second-order valence-corrected chi connectivity index (χ2v) is 11.0. The molecular weight excluding hydrogens is 503 g/mol. The molecule has 0 aromatic heterocycles. The van der Waals surface area contributed by atoms with E-state index >= 15 is 0 Å². The van der Waals surface area contributed by atoms with Gasteiger partial charge in [0.05, 0.1) is 35.0 Å². The Morgan fingerprint density at radius 2 is 1.11 bits per heavy atom. The number of phosphoric acid groups is 1. The molecule has 204 valence electrons. The van der Waals surface area contributed by atoms with Crippen molar-refractivity contribution in [3.8, 4) is 23.0 Å². The van der Waals surface area contributed by atoms with E-state index < -0.39 is 19.8 Å². The summed E-state index contributed by atoms with van der Waals surface area (Å²) in [7, 11) is 0.579. The van der Waals surface area contributed by atoms with Crippen molar-refractivity contribution in [3.63, 3.8) is 0 Å². The molecule has 0 aliphatic carbocycles. The Morgan fingerprint density at radius 3 is 1.41 bits per heavy atom. The van der Waals surface area contributed by atoms with Gasteiger partial charge in [-0.3, -0.25) is 4.52 Å². The maximum absolute atomic E-state index is 13.8. The van der Waals surface area contributed by atoms with E-state index in [0.29, 0.717) is 6.42 Å². The Hall–Kier alpha value is -3.23. The number of carbonyl (C=O) groups excluding carboxylic acids is 2. The van der Waals surface area contributed by atoms with E-state index in [0.717, 1.165) is 0 Å². The summed E-state index contributed by atoms with van der Waals surface area (Å²) in [5.74, 6) is -1.93. The van der Waals surface area contributed by atoms with Gasteiger partial charge in [-0.15, -0.1) is 0 Å². The Labute approximate surface area is 217 Å². The van der Waals surface area contributed by atoms with Crippen molar-refractivity contribution in [1.82, 2.24) is 0 Å². The van der Waals surface area contributed by atoms with E-state index in [-0.39, 0.29) is 52.1 Å². The van der Waals surface area contributed by atoms with Crippen molar-refractivity contribution in [1.29, 1.82) is 0 Å². The Balaban J connectivity index is 2.44. The van der Waals surface area contributed by atoms with Crippen molar-refractivity contribution in [2.45, 2.75) is 34.1 Å². The van der Waals surface area contributed by atoms with Gasteiger partial charge < -0.3 is 28.0 Å². The first-order valence-electron chi connectivity index (χ1n) is 11.5. The quantitative estimate of drug-likeness (QED) is 0.301. The summed E-state index contributed by atoms with van der Waals surface area (Å²) in [5, 5.41) is 0. The smallest absolute Gasteiger partial charge is 0.496 e. The van der Waals surface area contributed by atoms with Crippen molar-refractivity contribution >= 4 is 19.8 Å². The van der Waals surface area contributed by atoms with Crippen molar-refractivity contribution < 1.29 is 46.7 Å². The molecule has 0 saturated carbocycles. The molecule has 1 atom stereocenters. The third-order valence-electron chi connectivity index (χ3n) is 5.13. The zero-order valence-corrected chi connectivity index (χ0v) is 23.4. The highest BCUT2D eigenvalue weighted by Gasteiger charge is 2.40. The van der Waals surface area contributed by atoms with Crippen LogP contribution in [0.1, 0.15) is 54.8 Å². The van der Waals surface area contributed by atoms with Crippen LogP contribution in [-0.2, 0) is 18.1 Å². The molecule has 0 aliphatic heterocycles. The molecule has 0 spiro atoms. The lowest BCUT2D eigenvalue weighted by molar-refractivity contribution is 0.0481. The average molecular weight is 539 g/mol. The van der Waals surface area contributed by atoms with E-state index in [2.05, 4.69) is 0 Å². The van der Waals surface area contributed by atoms with E-state index in [4.69, 9.17) is 32.5 Å². The van der Waals surface area contributed by atoms with Crippen LogP contribution in [0.5, 0.6) is 23.0 Å². The highest BCUT2D eigenvalue weighted by molar-refractivity contribution is 7.49. The summed E-state index contributed by atoms with van der Waals surface area (Å²) < 4.78 is 50.7. The molecule has 0 saturated heterocycles. The lowest BCUT2D eigenvalue weighted by Gasteiger charge is -2.25. The number of rotatable bonds is 12. The van der Waals surface area contributed by atoms with Gasteiger partial charge in [0, 0.05) is 0 Å². The molecule has 0 radical (unpaired) electrons. The number of hydrogen-bond acceptors (Lipinski definition) is 10. The number of phosphoric ester groups is 1. The fourth-order valence-corrected chi connectivity index (χ4v) is 4.96. The van der Waals surface area contributed by atoms with Crippen LogP contribution in [0.15, 0.2) is 36.4 Å². The number of methoxy groups -OCH3 is 4. The molecule has 0 fully saturated rings. The van der Waals surface area contributed by atoms with Crippen LogP contribution in [0.25, 0.3) is 0 Å². The van der Waals surface area contributed by atoms with E-state index in [1.54, 1.807) is 12.1 Å². The van der Waals surface area contributed by atoms with Crippen molar-refractivity contribution in [2.75, 3.05) is 35.0 Å². The summed E-state index contributed by atoms with van der Waals surface area (Å²) in [6.07, 6.45) is 0.704. The van der Waals surface area contributed by atoms with E-state index in [1.165, 1.54) is 52.7 Å². The molecule has 0 amide bonds. The third kappa shape index (κ3) is 8.13. The molecule has 0 N–H and O–H groups in total. The molecule has 2 aromatic carbocycles. The van der Waals surface area contributed by atoms with Crippen molar-refractivity contribution in [3.05, 3.63) is 47.5 Å². The van der Waals surface area contributed by atoms with Crippen LogP contribution in [0, 0.1) is 11.3 Å². The fraction of sp³-hybridized carbons (Fsp3) is 0.462. The molecule has 11 heteroatoms. The summed E-state index contributed by atoms with van der Waals surface area (Å²) in [4.78, 5) is 26.4. The monoisotopic (exact) mass is 538 g/mol. The fourth-order valence-electron chi connectivity index (χ4n) is 3.79. The van der Waals surface area contributed by atoms with Crippen LogP contribution < -0.4 is 18.9 Å². The van der Waals surface area contributed by atoms with Gasteiger partial charge in [-0.1, -0.05) is 39.8 Å². The Morgan fingerprint density at radius 1 is 0.757 bits per heavy atom. The largest absolute Gasteiger partial charge is 0.592 e.